The van der Waals surface area contributed by atoms with E-state index < -0.39 is 0 Å². The Morgan fingerprint density at radius 2 is 0.695 bits per heavy atom. The molecule has 8 heteroatoms. The molecule has 0 spiro atoms. The van der Waals surface area contributed by atoms with Crippen molar-refractivity contribution in [1.82, 2.24) is 24.9 Å². The van der Waals surface area contributed by atoms with Crippen LogP contribution in [0.25, 0.3) is 123 Å². The molecule has 0 amide bonds. The first-order valence-corrected chi connectivity index (χ1v) is 19.3. The molecule has 8 aromatic carbocycles. The van der Waals surface area contributed by atoms with Gasteiger partial charge in [0.15, 0.2) is 28.6 Å². The van der Waals surface area contributed by atoms with Gasteiger partial charge in [0.2, 0.25) is 11.8 Å². The van der Waals surface area contributed by atoms with E-state index in [-0.39, 0.29) is 0 Å². The third kappa shape index (κ3) is 5.81. The minimum Gasteiger partial charge on any atom is -0.456 e. The minimum atomic E-state index is 0.551. The Labute approximate surface area is 336 Å². The van der Waals surface area contributed by atoms with E-state index in [2.05, 4.69) is 70.6 Å². The summed E-state index contributed by atoms with van der Waals surface area (Å²) in [5.74, 6) is 2.79. The standard InChI is InChI=1S/C51H29N5O3/c1-4-10-43-39(7-1)40-29-37(25-26-44(40)57-43)35-21-22-36-28-38(24-23-34(36)27-35)49-55-47(30-13-17-32(18-14-30)50-52-41-8-2-5-11-45(41)58-50)54-48(56-49)31-15-19-33(20-16-31)51-53-42-9-3-6-12-46(42)59-51/h1-29H. The Morgan fingerprint density at radius 1 is 0.271 bits per heavy atom. The van der Waals surface area contributed by atoms with E-state index in [1.54, 1.807) is 0 Å². The molecule has 0 fully saturated rings. The molecule has 0 bridgehead atoms. The van der Waals surface area contributed by atoms with E-state index in [9.17, 15) is 0 Å². The molecule has 12 aromatic rings. The highest BCUT2D eigenvalue weighted by molar-refractivity contribution is 6.06. The number of nitrogens with zero attached hydrogens (tertiary/aromatic N) is 5. The lowest BCUT2D eigenvalue weighted by atomic mass is 9.98. The molecule has 0 radical (unpaired) electrons. The van der Waals surface area contributed by atoms with Gasteiger partial charge in [-0.1, -0.05) is 97.1 Å². The van der Waals surface area contributed by atoms with Crippen molar-refractivity contribution >= 4 is 54.9 Å². The lowest BCUT2D eigenvalue weighted by molar-refractivity contribution is 0.619. The van der Waals surface area contributed by atoms with Crippen molar-refractivity contribution in [3.8, 4) is 68.2 Å². The second kappa shape index (κ2) is 13.2. The Kier molecular flexibility index (Phi) is 7.36. The molecule has 4 heterocycles. The highest BCUT2D eigenvalue weighted by Crippen LogP contribution is 2.35. The van der Waals surface area contributed by atoms with Crippen molar-refractivity contribution in [2.45, 2.75) is 0 Å². The van der Waals surface area contributed by atoms with Crippen LogP contribution in [0.1, 0.15) is 0 Å². The number of benzene rings is 8. The first-order valence-electron chi connectivity index (χ1n) is 19.3. The molecular weight excluding hydrogens is 731 g/mol. The fraction of sp³-hybridized carbons (Fsp3) is 0. The van der Waals surface area contributed by atoms with Gasteiger partial charge in [0.25, 0.3) is 0 Å². The van der Waals surface area contributed by atoms with E-state index in [1.807, 2.05) is 115 Å². The normalized spacial score (nSPS) is 11.7. The first kappa shape index (κ1) is 33.0. The van der Waals surface area contributed by atoms with Crippen LogP contribution in [0.5, 0.6) is 0 Å². The second-order valence-corrected chi connectivity index (χ2v) is 14.5. The zero-order valence-corrected chi connectivity index (χ0v) is 31.2. The molecule has 0 aliphatic rings. The predicted molar refractivity (Wildman–Crippen MR) is 232 cm³/mol. The summed E-state index contributed by atoms with van der Waals surface area (Å²) >= 11 is 0. The van der Waals surface area contributed by atoms with Gasteiger partial charge in [-0.25, -0.2) is 24.9 Å². The molecule has 0 unspecified atom stereocenters. The number of aromatic nitrogens is 5. The number of rotatable bonds is 6. The summed E-state index contributed by atoms with van der Waals surface area (Å²) in [6.07, 6.45) is 0. The maximum atomic E-state index is 6.08. The monoisotopic (exact) mass is 759 g/mol. The van der Waals surface area contributed by atoms with Crippen LogP contribution >= 0.6 is 0 Å². The van der Waals surface area contributed by atoms with Crippen LogP contribution in [0.3, 0.4) is 0 Å². The molecule has 8 nitrogen and oxygen atoms in total. The molecule has 276 valence electrons. The van der Waals surface area contributed by atoms with E-state index in [0.29, 0.717) is 29.3 Å². The Hall–Kier alpha value is -8.23. The van der Waals surface area contributed by atoms with Gasteiger partial charge in [-0.05, 0) is 101 Å². The minimum absolute atomic E-state index is 0.551. The van der Waals surface area contributed by atoms with Crippen molar-refractivity contribution in [3.05, 3.63) is 176 Å². The maximum absolute atomic E-state index is 6.08. The topological polar surface area (TPSA) is 104 Å². The van der Waals surface area contributed by atoms with E-state index in [4.69, 9.17) is 28.2 Å². The van der Waals surface area contributed by atoms with Gasteiger partial charge in [0.05, 0.1) is 0 Å². The zero-order chi connectivity index (χ0) is 38.9. The third-order valence-corrected chi connectivity index (χ3v) is 10.8. The predicted octanol–water partition coefficient (Wildman–Crippen LogP) is 13.2. The van der Waals surface area contributed by atoms with E-state index >= 15 is 0 Å². The smallest absolute Gasteiger partial charge is 0.227 e. The Balaban J connectivity index is 0.922. The molecule has 0 saturated heterocycles. The summed E-state index contributed by atoms with van der Waals surface area (Å²) < 4.78 is 18.2. The van der Waals surface area contributed by atoms with E-state index in [0.717, 1.165) is 93.9 Å². The molecule has 0 N–H and O–H groups in total. The molecule has 0 aliphatic heterocycles. The Bertz CT molecular complexity index is 3360. The summed E-state index contributed by atoms with van der Waals surface area (Å²) in [7, 11) is 0. The molecule has 0 atom stereocenters. The summed E-state index contributed by atoms with van der Waals surface area (Å²) in [5, 5.41) is 4.42. The SMILES string of the molecule is c1ccc2oc(-c3ccc(-c4nc(-c5ccc(-c6nc7ccccc7o6)cc5)nc(-c5ccc6cc(-c7ccc8oc9ccccc9c8c7)ccc6c5)n4)cc3)nc2c1. The molecule has 0 saturated carbocycles. The average molecular weight is 760 g/mol. The lowest BCUT2D eigenvalue weighted by Crippen LogP contribution is -2.00. The first-order chi connectivity index (χ1) is 29.1. The van der Waals surface area contributed by atoms with Gasteiger partial charge in [-0.3, -0.25) is 0 Å². The lowest BCUT2D eigenvalue weighted by Gasteiger charge is -2.10. The zero-order valence-electron chi connectivity index (χ0n) is 31.2. The Morgan fingerprint density at radius 3 is 1.29 bits per heavy atom. The van der Waals surface area contributed by atoms with E-state index in [1.165, 1.54) is 0 Å². The van der Waals surface area contributed by atoms with Gasteiger partial charge in [-0.15, -0.1) is 0 Å². The maximum Gasteiger partial charge on any atom is 0.227 e. The van der Waals surface area contributed by atoms with Crippen molar-refractivity contribution < 1.29 is 13.3 Å². The number of hydrogen-bond acceptors (Lipinski definition) is 8. The molecule has 4 aromatic heterocycles. The molecule has 0 aliphatic carbocycles. The van der Waals surface area contributed by atoms with Crippen LogP contribution in [0.2, 0.25) is 0 Å². The largest absolute Gasteiger partial charge is 0.456 e. The summed E-state index contributed by atoms with van der Waals surface area (Å²) in [4.78, 5) is 24.5. The van der Waals surface area contributed by atoms with Crippen LogP contribution in [-0.4, -0.2) is 24.9 Å². The van der Waals surface area contributed by atoms with Crippen molar-refractivity contribution in [1.29, 1.82) is 0 Å². The number of furan rings is 1. The van der Waals surface area contributed by atoms with Crippen LogP contribution < -0.4 is 0 Å². The van der Waals surface area contributed by atoms with Gasteiger partial charge in [0.1, 0.15) is 22.2 Å². The number of hydrogen-bond donors (Lipinski definition) is 0. The number of para-hydroxylation sites is 5. The van der Waals surface area contributed by atoms with Gasteiger partial charge < -0.3 is 13.3 Å². The highest BCUT2D eigenvalue weighted by atomic mass is 16.4. The van der Waals surface area contributed by atoms with Gasteiger partial charge in [-0.2, -0.15) is 0 Å². The van der Waals surface area contributed by atoms with Crippen molar-refractivity contribution in [3.63, 3.8) is 0 Å². The molecule has 12 rings (SSSR count). The number of oxazole rings is 2. The fourth-order valence-electron chi connectivity index (χ4n) is 7.75. The average Bonchev–Trinajstić information content (AvgIpc) is 4.04. The van der Waals surface area contributed by atoms with Crippen molar-refractivity contribution in [2.24, 2.45) is 0 Å². The second-order valence-electron chi connectivity index (χ2n) is 14.5. The van der Waals surface area contributed by atoms with Crippen LogP contribution in [0.4, 0.5) is 0 Å². The van der Waals surface area contributed by atoms with Gasteiger partial charge >= 0.3 is 0 Å². The molecular formula is C51H29N5O3. The van der Waals surface area contributed by atoms with Gasteiger partial charge in [0, 0.05) is 38.6 Å². The van der Waals surface area contributed by atoms with Crippen LogP contribution in [0, 0.1) is 0 Å². The van der Waals surface area contributed by atoms with Crippen LogP contribution in [0.15, 0.2) is 189 Å². The van der Waals surface area contributed by atoms with Crippen molar-refractivity contribution in [2.75, 3.05) is 0 Å². The summed E-state index contributed by atoms with van der Waals surface area (Å²) in [6.45, 7) is 0. The third-order valence-electron chi connectivity index (χ3n) is 10.8. The quantitative estimate of drug-likeness (QED) is 0.165. The summed E-state index contributed by atoms with van der Waals surface area (Å²) in [5.41, 5.74) is 11.4. The summed E-state index contributed by atoms with van der Waals surface area (Å²) in [6, 6.07) is 58.9. The molecule has 59 heavy (non-hydrogen) atoms. The van der Waals surface area contributed by atoms with Crippen LogP contribution in [-0.2, 0) is 0 Å². The fourth-order valence-corrected chi connectivity index (χ4v) is 7.75. The number of fused-ring (bicyclic) bond motifs is 6. The highest BCUT2D eigenvalue weighted by Gasteiger charge is 2.16.